The number of benzene rings is 1. The number of carbonyl (C=O) groups is 1. The minimum Gasteiger partial charge on any atom is -0.408 e. The average Bonchev–Trinajstić information content (AvgIpc) is 3.24. The highest BCUT2D eigenvalue weighted by atomic mass is 16.6. The first-order valence-corrected chi connectivity index (χ1v) is 9.48. The lowest BCUT2D eigenvalue weighted by molar-refractivity contribution is 0.191. The third kappa shape index (κ3) is 4.24. The highest BCUT2D eigenvalue weighted by Gasteiger charge is 2.19. The standard InChI is InChI=1S/C21H23N7O2/c1-21(2,3)26-20(29)30-17-13-28(16-8-6-5-7-15(16)17)18-9-10-22-19(25-18)24-14-11-23-27(4)12-14/h5-13H,1-4H3,(H,26,29)(H,22,24,25). The first-order chi connectivity index (χ1) is 14.3. The van der Waals surface area contributed by atoms with Crippen LogP contribution in [0.25, 0.3) is 16.7 Å². The summed E-state index contributed by atoms with van der Waals surface area (Å²) in [6, 6.07) is 9.46. The summed E-state index contributed by atoms with van der Waals surface area (Å²) in [6.45, 7) is 5.69. The summed E-state index contributed by atoms with van der Waals surface area (Å²) < 4.78 is 9.15. The van der Waals surface area contributed by atoms with Gasteiger partial charge in [-0.15, -0.1) is 0 Å². The molecule has 3 aromatic heterocycles. The number of aromatic nitrogens is 5. The number of amides is 1. The lowest BCUT2D eigenvalue weighted by Gasteiger charge is -2.19. The Morgan fingerprint density at radius 3 is 2.67 bits per heavy atom. The zero-order chi connectivity index (χ0) is 21.3. The first-order valence-electron chi connectivity index (χ1n) is 9.48. The molecule has 4 aromatic rings. The zero-order valence-electron chi connectivity index (χ0n) is 17.2. The number of para-hydroxylation sites is 1. The summed E-state index contributed by atoms with van der Waals surface area (Å²) in [7, 11) is 1.84. The fraction of sp³-hybridized carbons (Fsp3) is 0.238. The maximum Gasteiger partial charge on any atom is 0.413 e. The molecule has 154 valence electrons. The number of nitrogens with one attached hydrogen (secondary N) is 2. The van der Waals surface area contributed by atoms with E-state index in [4.69, 9.17) is 4.74 Å². The molecule has 0 saturated carbocycles. The van der Waals surface area contributed by atoms with Gasteiger partial charge in [-0.25, -0.2) is 9.78 Å². The van der Waals surface area contributed by atoms with Crippen LogP contribution >= 0.6 is 0 Å². The summed E-state index contributed by atoms with van der Waals surface area (Å²) in [4.78, 5) is 21.2. The Hall–Kier alpha value is -3.88. The summed E-state index contributed by atoms with van der Waals surface area (Å²) >= 11 is 0. The van der Waals surface area contributed by atoms with Gasteiger partial charge in [-0.05, 0) is 39.0 Å². The van der Waals surface area contributed by atoms with Gasteiger partial charge >= 0.3 is 6.09 Å². The fourth-order valence-electron chi connectivity index (χ4n) is 3.01. The van der Waals surface area contributed by atoms with E-state index in [1.54, 1.807) is 29.3 Å². The van der Waals surface area contributed by atoms with Crippen LogP contribution in [0.4, 0.5) is 16.4 Å². The van der Waals surface area contributed by atoms with Gasteiger partial charge in [0, 0.05) is 30.4 Å². The SMILES string of the molecule is Cn1cc(Nc2nccc(-n3cc(OC(=O)NC(C)(C)C)c4ccccc43)n2)cn1. The Morgan fingerprint density at radius 1 is 1.13 bits per heavy atom. The maximum atomic E-state index is 12.3. The Balaban J connectivity index is 1.68. The Morgan fingerprint density at radius 2 is 1.93 bits per heavy atom. The van der Waals surface area contributed by atoms with Gasteiger partial charge in [-0.1, -0.05) is 12.1 Å². The number of hydrogen-bond acceptors (Lipinski definition) is 6. The Bertz CT molecular complexity index is 1200. The molecule has 30 heavy (non-hydrogen) atoms. The number of anilines is 2. The van der Waals surface area contributed by atoms with Gasteiger partial charge in [0.15, 0.2) is 5.75 Å². The Labute approximate surface area is 173 Å². The van der Waals surface area contributed by atoms with E-state index in [0.29, 0.717) is 17.5 Å². The molecule has 0 radical (unpaired) electrons. The van der Waals surface area contributed by atoms with Gasteiger partial charge in [0.1, 0.15) is 5.82 Å². The molecule has 0 aliphatic carbocycles. The quantitative estimate of drug-likeness (QED) is 0.536. The molecule has 0 spiro atoms. The lowest BCUT2D eigenvalue weighted by atomic mass is 10.1. The van der Waals surface area contributed by atoms with Crippen molar-refractivity contribution in [2.75, 3.05) is 5.32 Å². The molecule has 0 atom stereocenters. The third-order valence-electron chi connectivity index (χ3n) is 4.20. The second kappa shape index (κ2) is 7.51. The van der Waals surface area contributed by atoms with E-state index < -0.39 is 11.6 Å². The van der Waals surface area contributed by atoms with Crippen molar-refractivity contribution < 1.29 is 9.53 Å². The molecule has 0 aliphatic heterocycles. The van der Waals surface area contributed by atoms with Crippen LogP contribution in [-0.4, -0.2) is 35.9 Å². The predicted octanol–water partition coefficient (Wildman–Crippen LogP) is 3.78. The van der Waals surface area contributed by atoms with Crippen LogP contribution in [0.5, 0.6) is 5.75 Å². The molecule has 0 aliphatic rings. The number of carbonyl (C=O) groups excluding carboxylic acids is 1. The van der Waals surface area contributed by atoms with Crippen molar-refractivity contribution in [1.82, 2.24) is 29.6 Å². The molecule has 9 heteroatoms. The van der Waals surface area contributed by atoms with Crippen molar-refractivity contribution in [2.45, 2.75) is 26.3 Å². The van der Waals surface area contributed by atoms with E-state index >= 15 is 0 Å². The van der Waals surface area contributed by atoms with E-state index in [0.717, 1.165) is 16.6 Å². The molecule has 0 saturated heterocycles. The number of nitrogens with zero attached hydrogens (tertiary/aromatic N) is 5. The van der Waals surface area contributed by atoms with Crippen molar-refractivity contribution in [3.05, 3.63) is 55.1 Å². The van der Waals surface area contributed by atoms with Crippen molar-refractivity contribution in [3.63, 3.8) is 0 Å². The summed E-state index contributed by atoms with van der Waals surface area (Å²) in [5.74, 6) is 1.53. The van der Waals surface area contributed by atoms with E-state index in [9.17, 15) is 4.79 Å². The normalized spacial score (nSPS) is 11.5. The maximum absolute atomic E-state index is 12.3. The van der Waals surface area contributed by atoms with Gasteiger partial charge in [0.2, 0.25) is 5.95 Å². The van der Waals surface area contributed by atoms with E-state index in [-0.39, 0.29) is 0 Å². The van der Waals surface area contributed by atoms with Crippen LogP contribution in [0.3, 0.4) is 0 Å². The molecule has 1 aromatic carbocycles. The number of ether oxygens (including phenoxy) is 1. The van der Waals surface area contributed by atoms with Crippen LogP contribution in [0, 0.1) is 0 Å². The molecule has 1 amide bonds. The first kappa shape index (κ1) is 19.4. The predicted molar refractivity (Wildman–Crippen MR) is 114 cm³/mol. The zero-order valence-corrected chi connectivity index (χ0v) is 17.2. The lowest BCUT2D eigenvalue weighted by Crippen LogP contribution is -2.42. The molecule has 0 fully saturated rings. The molecular weight excluding hydrogens is 382 g/mol. The van der Waals surface area contributed by atoms with Gasteiger partial charge in [-0.2, -0.15) is 10.1 Å². The van der Waals surface area contributed by atoms with Crippen LogP contribution in [-0.2, 0) is 7.05 Å². The molecular formula is C21H23N7O2. The van der Waals surface area contributed by atoms with E-state index in [2.05, 4.69) is 25.7 Å². The van der Waals surface area contributed by atoms with E-state index in [1.807, 2.05) is 62.8 Å². The summed E-state index contributed by atoms with van der Waals surface area (Å²) in [5, 5.41) is 10.9. The van der Waals surface area contributed by atoms with Gasteiger partial charge in [-0.3, -0.25) is 9.25 Å². The molecule has 2 N–H and O–H groups in total. The van der Waals surface area contributed by atoms with Crippen molar-refractivity contribution in [1.29, 1.82) is 0 Å². The summed E-state index contributed by atoms with van der Waals surface area (Å²) in [6.07, 6.45) is 6.44. The minimum absolute atomic E-state index is 0.394. The second-order valence-corrected chi connectivity index (χ2v) is 7.91. The van der Waals surface area contributed by atoms with Gasteiger partial charge < -0.3 is 15.4 Å². The largest absolute Gasteiger partial charge is 0.413 e. The third-order valence-corrected chi connectivity index (χ3v) is 4.20. The second-order valence-electron chi connectivity index (χ2n) is 7.91. The van der Waals surface area contributed by atoms with Crippen LogP contribution < -0.4 is 15.4 Å². The average molecular weight is 405 g/mol. The molecule has 4 rings (SSSR count). The minimum atomic E-state index is -0.507. The monoisotopic (exact) mass is 405 g/mol. The summed E-state index contributed by atoms with van der Waals surface area (Å²) in [5.41, 5.74) is 1.26. The molecule has 3 heterocycles. The smallest absolute Gasteiger partial charge is 0.408 e. The molecule has 0 bridgehead atoms. The highest BCUT2D eigenvalue weighted by Crippen LogP contribution is 2.30. The van der Waals surface area contributed by atoms with E-state index in [1.165, 1.54) is 0 Å². The number of rotatable bonds is 4. The Kier molecular flexibility index (Phi) is 4.86. The number of hydrogen-bond donors (Lipinski definition) is 2. The van der Waals surface area contributed by atoms with Crippen LogP contribution in [0.1, 0.15) is 20.8 Å². The van der Waals surface area contributed by atoms with Crippen LogP contribution in [0.2, 0.25) is 0 Å². The fourth-order valence-corrected chi connectivity index (χ4v) is 3.01. The number of aryl methyl sites for hydroxylation is 1. The highest BCUT2D eigenvalue weighted by molar-refractivity contribution is 5.90. The van der Waals surface area contributed by atoms with Crippen molar-refractivity contribution in [3.8, 4) is 11.6 Å². The topological polar surface area (TPSA) is 98.9 Å². The van der Waals surface area contributed by atoms with Gasteiger partial charge in [0.05, 0.1) is 23.6 Å². The molecule has 9 nitrogen and oxygen atoms in total. The number of fused-ring (bicyclic) bond motifs is 1. The van der Waals surface area contributed by atoms with Crippen LogP contribution in [0.15, 0.2) is 55.1 Å². The van der Waals surface area contributed by atoms with Gasteiger partial charge in [0.25, 0.3) is 0 Å². The van der Waals surface area contributed by atoms with Crippen molar-refractivity contribution >= 4 is 28.6 Å². The molecule has 0 unspecified atom stereocenters. The van der Waals surface area contributed by atoms with Crippen molar-refractivity contribution in [2.24, 2.45) is 7.05 Å².